The molecule has 0 unspecified atom stereocenters. The van der Waals surface area contributed by atoms with Crippen LogP contribution in [0.1, 0.15) is 5.56 Å². The van der Waals surface area contributed by atoms with Crippen LogP contribution in [0.2, 0.25) is 0 Å². The number of nitrogens with one attached hydrogen (secondary N) is 1. The number of thiophene rings is 1. The molecule has 1 aliphatic heterocycles. The molecule has 0 atom stereocenters. The maximum absolute atomic E-state index is 12.3. The Hall–Kier alpha value is -0.0400. The highest BCUT2D eigenvalue weighted by Gasteiger charge is 2.23. The lowest BCUT2D eigenvalue weighted by molar-refractivity contribution is 0.442. The van der Waals surface area contributed by atoms with Crippen molar-refractivity contribution < 1.29 is 8.42 Å². The number of rotatable bonds is 6. The monoisotopic (exact) mass is 504 g/mol. The first kappa shape index (κ1) is 22.0. The SMILES string of the molecule is CN=C(NCCS(=O)(=O)N1CCSCC1)N(C)Cc1ccsc1.I. The summed E-state index contributed by atoms with van der Waals surface area (Å²) in [6.45, 7) is 2.37. The molecule has 0 aliphatic carbocycles. The number of sulfonamides is 1. The fourth-order valence-electron chi connectivity index (χ4n) is 2.36. The van der Waals surface area contributed by atoms with E-state index in [1.54, 1.807) is 34.5 Å². The van der Waals surface area contributed by atoms with Gasteiger partial charge in [0, 0.05) is 51.8 Å². The Morgan fingerprint density at radius 1 is 1.42 bits per heavy atom. The Balaban J connectivity index is 0.00000288. The summed E-state index contributed by atoms with van der Waals surface area (Å²) in [6, 6.07) is 2.08. The van der Waals surface area contributed by atoms with E-state index in [4.69, 9.17) is 0 Å². The molecule has 1 aliphatic rings. The van der Waals surface area contributed by atoms with Gasteiger partial charge in [-0.1, -0.05) is 0 Å². The molecule has 0 amide bonds. The van der Waals surface area contributed by atoms with Gasteiger partial charge in [0.1, 0.15) is 0 Å². The molecule has 0 aromatic carbocycles. The predicted molar refractivity (Wildman–Crippen MR) is 115 cm³/mol. The van der Waals surface area contributed by atoms with Gasteiger partial charge in [0.05, 0.1) is 5.75 Å². The van der Waals surface area contributed by atoms with Crippen molar-refractivity contribution in [3.8, 4) is 0 Å². The molecule has 138 valence electrons. The molecule has 1 aromatic rings. The van der Waals surface area contributed by atoms with Crippen LogP contribution in [0.5, 0.6) is 0 Å². The standard InChI is InChI=1S/C14H24N4O2S3.HI/c1-15-14(17(2)11-13-3-7-22-12-13)16-4-10-23(19,20)18-5-8-21-9-6-18;/h3,7,12H,4-6,8-11H2,1-2H3,(H,15,16);1H. The van der Waals surface area contributed by atoms with E-state index in [-0.39, 0.29) is 29.7 Å². The first-order chi connectivity index (χ1) is 11.0. The molecule has 10 heteroatoms. The summed E-state index contributed by atoms with van der Waals surface area (Å²) in [7, 11) is 0.482. The summed E-state index contributed by atoms with van der Waals surface area (Å²) in [6.07, 6.45) is 0. The second-order valence-corrected chi connectivity index (χ2v) is 9.38. The second-order valence-electron chi connectivity index (χ2n) is 5.29. The Kier molecular flexibility index (Phi) is 9.94. The highest BCUT2D eigenvalue weighted by molar-refractivity contribution is 14.0. The fourth-order valence-corrected chi connectivity index (χ4v) is 5.51. The second kappa shape index (κ2) is 10.8. The van der Waals surface area contributed by atoms with Crippen molar-refractivity contribution in [2.24, 2.45) is 4.99 Å². The molecule has 2 heterocycles. The number of halogens is 1. The molecule has 2 rings (SSSR count). The predicted octanol–water partition coefficient (Wildman–Crippen LogP) is 1.75. The van der Waals surface area contributed by atoms with Gasteiger partial charge in [0.25, 0.3) is 0 Å². The Bertz CT molecular complexity index is 602. The topological polar surface area (TPSA) is 65.0 Å². The zero-order valence-corrected chi connectivity index (χ0v) is 18.8. The minimum absolute atomic E-state index is 0. The van der Waals surface area contributed by atoms with Crippen LogP contribution in [0.15, 0.2) is 21.8 Å². The highest BCUT2D eigenvalue weighted by atomic mass is 127. The van der Waals surface area contributed by atoms with E-state index in [0.29, 0.717) is 25.6 Å². The van der Waals surface area contributed by atoms with Crippen molar-refractivity contribution in [2.75, 3.05) is 51.0 Å². The van der Waals surface area contributed by atoms with Gasteiger partial charge >= 0.3 is 0 Å². The Labute approximate surface area is 170 Å². The molecule has 0 radical (unpaired) electrons. The molecule has 1 fully saturated rings. The minimum atomic E-state index is -3.18. The Morgan fingerprint density at radius 3 is 2.71 bits per heavy atom. The third-order valence-corrected chi connectivity index (χ3v) is 7.13. The highest BCUT2D eigenvalue weighted by Crippen LogP contribution is 2.13. The van der Waals surface area contributed by atoms with Gasteiger partial charge in [0.15, 0.2) is 5.96 Å². The zero-order chi connectivity index (χ0) is 16.7. The molecule has 1 aromatic heterocycles. The lowest BCUT2D eigenvalue weighted by Gasteiger charge is -2.26. The smallest absolute Gasteiger partial charge is 0.215 e. The summed E-state index contributed by atoms with van der Waals surface area (Å²) in [5.41, 5.74) is 1.22. The normalized spacial score (nSPS) is 16.5. The number of hydrogen-bond donors (Lipinski definition) is 1. The minimum Gasteiger partial charge on any atom is -0.355 e. The quantitative estimate of drug-likeness (QED) is 0.364. The summed E-state index contributed by atoms with van der Waals surface area (Å²) in [5, 5.41) is 7.29. The van der Waals surface area contributed by atoms with Crippen molar-refractivity contribution in [1.82, 2.24) is 14.5 Å². The van der Waals surface area contributed by atoms with Crippen LogP contribution in [0.25, 0.3) is 0 Å². The molecule has 0 bridgehead atoms. The molecule has 1 N–H and O–H groups in total. The van der Waals surface area contributed by atoms with Crippen LogP contribution >= 0.6 is 47.1 Å². The lowest BCUT2D eigenvalue weighted by atomic mass is 10.3. The van der Waals surface area contributed by atoms with E-state index in [1.165, 1.54) is 5.56 Å². The first-order valence-electron chi connectivity index (χ1n) is 7.51. The van der Waals surface area contributed by atoms with Crippen LogP contribution in [-0.2, 0) is 16.6 Å². The summed E-state index contributed by atoms with van der Waals surface area (Å²) in [5.74, 6) is 2.58. The van der Waals surface area contributed by atoms with Crippen molar-refractivity contribution in [1.29, 1.82) is 0 Å². The van der Waals surface area contributed by atoms with E-state index in [2.05, 4.69) is 21.8 Å². The van der Waals surface area contributed by atoms with Gasteiger partial charge in [-0.25, -0.2) is 12.7 Å². The number of guanidine groups is 1. The van der Waals surface area contributed by atoms with Gasteiger partial charge in [0.2, 0.25) is 10.0 Å². The van der Waals surface area contributed by atoms with Crippen molar-refractivity contribution in [2.45, 2.75) is 6.54 Å². The molecule has 0 saturated carbocycles. The van der Waals surface area contributed by atoms with Crippen LogP contribution in [-0.4, -0.2) is 74.6 Å². The molecule has 24 heavy (non-hydrogen) atoms. The van der Waals surface area contributed by atoms with E-state index >= 15 is 0 Å². The molecule has 1 saturated heterocycles. The van der Waals surface area contributed by atoms with Gasteiger partial charge in [-0.15, -0.1) is 24.0 Å². The molecular weight excluding hydrogens is 479 g/mol. The van der Waals surface area contributed by atoms with E-state index in [1.807, 2.05) is 17.3 Å². The molecule has 0 spiro atoms. The Morgan fingerprint density at radius 2 is 2.12 bits per heavy atom. The van der Waals surface area contributed by atoms with Gasteiger partial charge in [-0.3, -0.25) is 4.99 Å². The number of thioether (sulfide) groups is 1. The molecular formula is C14H25IN4O2S3. The average Bonchev–Trinajstić information content (AvgIpc) is 3.05. The van der Waals surface area contributed by atoms with Gasteiger partial charge in [-0.05, 0) is 22.4 Å². The number of nitrogens with zero attached hydrogens (tertiary/aromatic N) is 3. The van der Waals surface area contributed by atoms with E-state index in [9.17, 15) is 8.42 Å². The summed E-state index contributed by atoms with van der Waals surface area (Å²) < 4.78 is 26.2. The van der Waals surface area contributed by atoms with Gasteiger partial charge in [-0.2, -0.15) is 23.1 Å². The summed E-state index contributed by atoms with van der Waals surface area (Å²) >= 11 is 3.47. The van der Waals surface area contributed by atoms with Crippen LogP contribution in [0.3, 0.4) is 0 Å². The van der Waals surface area contributed by atoms with Crippen molar-refractivity contribution >= 4 is 63.1 Å². The van der Waals surface area contributed by atoms with Crippen molar-refractivity contribution in [3.63, 3.8) is 0 Å². The number of aliphatic imine (C=N–C) groups is 1. The van der Waals surface area contributed by atoms with E-state index < -0.39 is 10.0 Å². The molecule has 6 nitrogen and oxygen atoms in total. The number of hydrogen-bond acceptors (Lipinski definition) is 5. The van der Waals surface area contributed by atoms with Gasteiger partial charge < -0.3 is 10.2 Å². The summed E-state index contributed by atoms with van der Waals surface area (Å²) in [4.78, 5) is 6.22. The third kappa shape index (κ3) is 6.70. The average molecular weight is 504 g/mol. The maximum atomic E-state index is 12.3. The maximum Gasteiger partial charge on any atom is 0.215 e. The zero-order valence-electron chi connectivity index (χ0n) is 14.0. The van der Waals surface area contributed by atoms with Crippen LogP contribution < -0.4 is 5.32 Å². The van der Waals surface area contributed by atoms with Crippen LogP contribution in [0, 0.1) is 0 Å². The fraction of sp³-hybridized carbons (Fsp3) is 0.643. The van der Waals surface area contributed by atoms with E-state index in [0.717, 1.165) is 18.1 Å². The lowest BCUT2D eigenvalue weighted by Crippen LogP contribution is -2.44. The van der Waals surface area contributed by atoms with Crippen LogP contribution in [0.4, 0.5) is 0 Å². The third-order valence-electron chi connectivity index (χ3n) is 3.58. The largest absolute Gasteiger partial charge is 0.355 e. The van der Waals surface area contributed by atoms with Crippen molar-refractivity contribution in [3.05, 3.63) is 22.4 Å². The first-order valence-corrected chi connectivity index (χ1v) is 11.2.